The molecule has 1 amide bonds. The van der Waals surface area contributed by atoms with Gasteiger partial charge in [0.05, 0.1) is 26.9 Å². The largest absolute Gasteiger partial charge is 0.491 e. The summed E-state index contributed by atoms with van der Waals surface area (Å²) in [6.45, 7) is 4.53. The smallest absolute Gasteiger partial charge is 0.343 e. The Labute approximate surface area is 132 Å². The highest BCUT2D eigenvalue weighted by Gasteiger charge is 2.52. The van der Waals surface area contributed by atoms with E-state index in [9.17, 15) is 14.4 Å². The van der Waals surface area contributed by atoms with Gasteiger partial charge in [-0.3, -0.25) is 9.59 Å². The van der Waals surface area contributed by atoms with Gasteiger partial charge in [0.1, 0.15) is 5.56 Å². The van der Waals surface area contributed by atoms with Crippen LogP contribution in [0.3, 0.4) is 0 Å². The highest BCUT2D eigenvalue weighted by Crippen LogP contribution is 2.41. The van der Waals surface area contributed by atoms with Crippen molar-refractivity contribution >= 4 is 11.9 Å². The van der Waals surface area contributed by atoms with E-state index in [0.29, 0.717) is 13.2 Å². The minimum atomic E-state index is -0.836. The second-order valence-electron chi connectivity index (χ2n) is 5.69. The summed E-state index contributed by atoms with van der Waals surface area (Å²) in [6.07, 6.45) is 1.35. The Bertz CT molecular complexity index is 755. The first-order valence-electron chi connectivity index (χ1n) is 7.24. The summed E-state index contributed by atoms with van der Waals surface area (Å²) in [5.41, 5.74) is -1.55. The number of carbonyl (C=O) groups excluding carboxylic acids is 2. The lowest BCUT2D eigenvalue weighted by Gasteiger charge is -2.44. The first-order chi connectivity index (χ1) is 10.9. The van der Waals surface area contributed by atoms with E-state index in [1.807, 2.05) is 13.8 Å². The molecule has 2 aliphatic heterocycles. The van der Waals surface area contributed by atoms with Gasteiger partial charge < -0.3 is 23.7 Å². The number of methoxy groups -OCH3 is 2. The molecule has 0 radical (unpaired) electrons. The van der Waals surface area contributed by atoms with Gasteiger partial charge in [-0.25, -0.2) is 4.79 Å². The number of hydrogen-bond donors (Lipinski definition) is 0. The summed E-state index contributed by atoms with van der Waals surface area (Å²) in [5.74, 6) is -1.28. The molecule has 3 rings (SSSR count). The summed E-state index contributed by atoms with van der Waals surface area (Å²) in [5, 5.41) is 0. The van der Waals surface area contributed by atoms with Crippen LogP contribution in [0.25, 0.3) is 0 Å². The maximum Gasteiger partial charge on any atom is 0.343 e. The molecule has 1 aromatic heterocycles. The van der Waals surface area contributed by atoms with Gasteiger partial charge in [0.15, 0.2) is 17.2 Å². The van der Waals surface area contributed by atoms with E-state index in [2.05, 4.69) is 4.74 Å². The van der Waals surface area contributed by atoms with Gasteiger partial charge >= 0.3 is 5.97 Å². The molecular weight excluding hydrogens is 304 g/mol. The number of aromatic nitrogens is 1. The highest BCUT2D eigenvalue weighted by atomic mass is 16.5. The van der Waals surface area contributed by atoms with E-state index >= 15 is 0 Å². The van der Waals surface area contributed by atoms with Crippen molar-refractivity contribution in [1.82, 2.24) is 9.47 Å². The molecule has 8 nitrogen and oxygen atoms in total. The minimum absolute atomic E-state index is 0.126. The molecule has 0 aliphatic carbocycles. The van der Waals surface area contributed by atoms with Crippen molar-refractivity contribution in [3.05, 3.63) is 27.7 Å². The predicted molar refractivity (Wildman–Crippen MR) is 78.7 cm³/mol. The molecule has 1 saturated heterocycles. The maximum absolute atomic E-state index is 12.8. The molecule has 1 fully saturated rings. The van der Waals surface area contributed by atoms with Crippen LogP contribution in [0.4, 0.5) is 0 Å². The molecule has 0 N–H and O–H groups in total. The minimum Gasteiger partial charge on any atom is -0.491 e. The predicted octanol–water partition coefficient (Wildman–Crippen LogP) is 0.407. The number of hydrogen-bond acceptors (Lipinski definition) is 6. The molecule has 23 heavy (non-hydrogen) atoms. The second kappa shape index (κ2) is 5.09. The Balaban J connectivity index is 2.32. The van der Waals surface area contributed by atoms with Gasteiger partial charge in [-0.15, -0.1) is 0 Å². The van der Waals surface area contributed by atoms with E-state index < -0.39 is 17.1 Å². The van der Waals surface area contributed by atoms with Crippen LogP contribution in [0.2, 0.25) is 0 Å². The fourth-order valence-electron chi connectivity index (χ4n) is 3.25. The standard InChI is InChI=1S/C15H18N2O6/c1-8-15(2)17(5-6-23-15)13(19)10-12(21-3)11(18)9(7-16(8)10)14(20)22-4/h7-8H,5-6H2,1-4H3/t8-,15-/m0/s1. The molecule has 0 spiro atoms. The van der Waals surface area contributed by atoms with Gasteiger partial charge in [-0.1, -0.05) is 0 Å². The van der Waals surface area contributed by atoms with Crippen LogP contribution in [0.15, 0.2) is 11.0 Å². The Morgan fingerprint density at radius 1 is 1.39 bits per heavy atom. The lowest BCUT2D eigenvalue weighted by molar-refractivity contribution is -0.0950. The number of amides is 1. The number of ether oxygens (including phenoxy) is 3. The third-order valence-electron chi connectivity index (χ3n) is 4.69. The zero-order valence-corrected chi connectivity index (χ0v) is 13.4. The lowest BCUT2D eigenvalue weighted by atomic mass is 9.99. The molecule has 0 unspecified atom stereocenters. The van der Waals surface area contributed by atoms with E-state index in [1.54, 1.807) is 9.47 Å². The fourth-order valence-corrected chi connectivity index (χ4v) is 3.25. The molecule has 124 valence electrons. The van der Waals surface area contributed by atoms with Gasteiger partial charge in [-0.05, 0) is 13.8 Å². The van der Waals surface area contributed by atoms with Crippen molar-refractivity contribution in [2.45, 2.75) is 25.6 Å². The van der Waals surface area contributed by atoms with Gasteiger partial charge in [0.2, 0.25) is 5.43 Å². The number of pyridine rings is 1. The van der Waals surface area contributed by atoms with Gasteiger partial charge in [0.25, 0.3) is 5.91 Å². The van der Waals surface area contributed by atoms with E-state index in [0.717, 1.165) is 0 Å². The molecule has 0 saturated carbocycles. The van der Waals surface area contributed by atoms with Crippen LogP contribution in [-0.2, 0) is 9.47 Å². The van der Waals surface area contributed by atoms with Crippen molar-refractivity contribution in [2.75, 3.05) is 27.4 Å². The molecule has 1 aromatic rings. The molecule has 3 heterocycles. The Morgan fingerprint density at radius 2 is 2.09 bits per heavy atom. The van der Waals surface area contributed by atoms with Crippen LogP contribution < -0.4 is 10.2 Å². The summed E-state index contributed by atoms with van der Waals surface area (Å²) < 4.78 is 17.1. The summed E-state index contributed by atoms with van der Waals surface area (Å²) in [6, 6.07) is -0.310. The maximum atomic E-state index is 12.8. The van der Waals surface area contributed by atoms with Crippen molar-refractivity contribution < 1.29 is 23.8 Å². The third-order valence-corrected chi connectivity index (χ3v) is 4.69. The molecular formula is C15H18N2O6. The first-order valence-corrected chi connectivity index (χ1v) is 7.24. The number of carbonyl (C=O) groups is 2. The van der Waals surface area contributed by atoms with Gasteiger partial charge in [-0.2, -0.15) is 0 Å². The van der Waals surface area contributed by atoms with Crippen molar-refractivity contribution in [3.8, 4) is 5.75 Å². The Kier molecular flexibility index (Phi) is 3.44. The van der Waals surface area contributed by atoms with Crippen LogP contribution >= 0.6 is 0 Å². The molecule has 8 heteroatoms. The zero-order chi connectivity index (χ0) is 16.9. The van der Waals surface area contributed by atoms with Crippen LogP contribution in [-0.4, -0.2) is 54.4 Å². The quantitative estimate of drug-likeness (QED) is 0.733. The average molecular weight is 322 g/mol. The Hall–Kier alpha value is -2.35. The number of rotatable bonds is 2. The van der Waals surface area contributed by atoms with Crippen LogP contribution in [0.1, 0.15) is 40.7 Å². The normalized spacial score (nSPS) is 25.8. The van der Waals surface area contributed by atoms with Crippen LogP contribution in [0.5, 0.6) is 5.75 Å². The van der Waals surface area contributed by atoms with Crippen LogP contribution in [0, 0.1) is 0 Å². The fraction of sp³-hybridized carbons (Fsp3) is 0.533. The summed E-state index contributed by atoms with van der Waals surface area (Å²) >= 11 is 0. The Morgan fingerprint density at radius 3 is 2.70 bits per heavy atom. The second-order valence-corrected chi connectivity index (χ2v) is 5.69. The number of esters is 1. The summed E-state index contributed by atoms with van der Waals surface area (Å²) in [4.78, 5) is 38.7. The van der Waals surface area contributed by atoms with E-state index in [1.165, 1.54) is 20.4 Å². The molecule has 0 aromatic carbocycles. The number of fused-ring (bicyclic) bond motifs is 2. The highest BCUT2D eigenvalue weighted by molar-refractivity contribution is 5.98. The zero-order valence-electron chi connectivity index (χ0n) is 13.4. The average Bonchev–Trinajstić information content (AvgIpc) is 2.95. The number of nitrogens with zero attached hydrogens (tertiary/aromatic N) is 2. The SMILES string of the molecule is COC(=O)c1cn2c(c(OC)c1=O)C(=O)N1CCO[C@@]1(C)[C@@H]2C. The van der Waals surface area contributed by atoms with Crippen molar-refractivity contribution in [1.29, 1.82) is 0 Å². The van der Waals surface area contributed by atoms with Crippen molar-refractivity contribution in [2.24, 2.45) is 0 Å². The molecule has 0 bridgehead atoms. The lowest BCUT2D eigenvalue weighted by Crippen LogP contribution is -2.56. The topological polar surface area (TPSA) is 87.1 Å². The molecule has 2 atom stereocenters. The van der Waals surface area contributed by atoms with Gasteiger partial charge in [0, 0.05) is 12.7 Å². The van der Waals surface area contributed by atoms with E-state index in [4.69, 9.17) is 9.47 Å². The molecule has 2 aliphatic rings. The van der Waals surface area contributed by atoms with Crippen molar-refractivity contribution in [3.63, 3.8) is 0 Å². The monoisotopic (exact) mass is 322 g/mol. The third kappa shape index (κ3) is 1.91. The van der Waals surface area contributed by atoms with E-state index in [-0.39, 0.29) is 29.0 Å². The summed E-state index contributed by atoms with van der Waals surface area (Å²) in [7, 11) is 2.49. The first kappa shape index (κ1) is 15.5.